The molecule has 0 aromatic heterocycles. The van der Waals surface area contributed by atoms with Crippen LogP contribution in [0.5, 0.6) is 0 Å². The van der Waals surface area contributed by atoms with Crippen molar-refractivity contribution in [1.29, 1.82) is 0 Å². The zero-order chi connectivity index (χ0) is 14.8. The first-order chi connectivity index (χ1) is 8.60. The van der Waals surface area contributed by atoms with Crippen molar-refractivity contribution >= 4 is 21.4 Å². The fraction of sp³-hybridized carbons (Fsp3) is 0.500. The number of nitrogens with two attached hydrogens (primary N) is 1. The Balaban J connectivity index is 3.30. The van der Waals surface area contributed by atoms with E-state index in [2.05, 4.69) is 10.0 Å². The topological polar surface area (TPSA) is 104 Å². The number of nitrogen functional groups attached to an aromatic ring is 1. The molecule has 1 atom stereocenters. The number of aliphatic hydroxyl groups is 1. The third-order valence-electron chi connectivity index (χ3n) is 3.07. The minimum Gasteiger partial charge on any atom is -0.399 e. The molecule has 0 aliphatic carbocycles. The molecule has 0 radical (unpaired) electrons. The molecule has 1 aromatic carbocycles. The molecule has 7 heteroatoms. The summed E-state index contributed by atoms with van der Waals surface area (Å²) in [5.41, 5.74) is 5.71. The van der Waals surface area contributed by atoms with Gasteiger partial charge in [0, 0.05) is 5.69 Å². The molecular formula is C12H21N3O3S. The van der Waals surface area contributed by atoms with Crippen LogP contribution >= 0.6 is 0 Å². The zero-order valence-electron chi connectivity index (χ0n) is 11.6. The molecule has 6 nitrogen and oxygen atoms in total. The number of aliphatic hydroxyl groups excluding tert-OH is 1. The normalized spacial score (nSPS) is 14.2. The molecule has 0 bridgehead atoms. The molecule has 19 heavy (non-hydrogen) atoms. The fourth-order valence-corrected chi connectivity index (χ4v) is 2.35. The molecule has 108 valence electrons. The maximum Gasteiger partial charge on any atom is 0.242 e. The van der Waals surface area contributed by atoms with Crippen molar-refractivity contribution in [3.05, 3.63) is 18.2 Å². The van der Waals surface area contributed by atoms with Gasteiger partial charge in [-0.15, -0.1) is 0 Å². The molecule has 0 aliphatic rings. The fourth-order valence-electron chi connectivity index (χ4n) is 1.43. The predicted molar refractivity (Wildman–Crippen MR) is 76.5 cm³/mol. The molecule has 1 aromatic rings. The van der Waals surface area contributed by atoms with Crippen LogP contribution in [0.3, 0.4) is 0 Å². The Kier molecular flexibility index (Phi) is 4.44. The van der Waals surface area contributed by atoms with E-state index in [4.69, 9.17) is 5.73 Å². The third kappa shape index (κ3) is 3.59. The van der Waals surface area contributed by atoms with Crippen LogP contribution in [0.4, 0.5) is 11.4 Å². The maximum atomic E-state index is 12.0. The SMILES string of the molecule is CNS(=O)(=O)c1cc(N)ccc1NC(C)(C)C(C)O. The first-order valence-corrected chi connectivity index (χ1v) is 7.38. The smallest absolute Gasteiger partial charge is 0.242 e. The number of benzene rings is 1. The number of hydrogen-bond acceptors (Lipinski definition) is 5. The first-order valence-electron chi connectivity index (χ1n) is 5.89. The summed E-state index contributed by atoms with van der Waals surface area (Å²) in [5, 5.41) is 12.7. The lowest BCUT2D eigenvalue weighted by Gasteiger charge is -2.31. The molecule has 0 aliphatic heterocycles. The van der Waals surface area contributed by atoms with Gasteiger partial charge in [0.1, 0.15) is 4.90 Å². The Hall–Kier alpha value is -1.31. The highest BCUT2D eigenvalue weighted by molar-refractivity contribution is 7.89. The molecule has 0 saturated carbocycles. The van der Waals surface area contributed by atoms with Gasteiger partial charge in [0.2, 0.25) is 10.0 Å². The van der Waals surface area contributed by atoms with Crippen LogP contribution < -0.4 is 15.8 Å². The Morgan fingerprint density at radius 2 is 1.95 bits per heavy atom. The van der Waals surface area contributed by atoms with E-state index in [1.807, 2.05) is 0 Å². The Bertz CT molecular complexity index is 553. The number of sulfonamides is 1. The van der Waals surface area contributed by atoms with Crippen molar-refractivity contribution < 1.29 is 13.5 Å². The van der Waals surface area contributed by atoms with Gasteiger partial charge in [-0.3, -0.25) is 0 Å². The number of hydrogen-bond donors (Lipinski definition) is 4. The molecule has 1 unspecified atom stereocenters. The van der Waals surface area contributed by atoms with Gasteiger partial charge in [-0.1, -0.05) is 0 Å². The van der Waals surface area contributed by atoms with Crippen molar-refractivity contribution in [2.75, 3.05) is 18.1 Å². The minimum absolute atomic E-state index is 0.0590. The summed E-state index contributed by atoms with van der Waals surface area (Å²) >= 11 is 0. The standard InChI is InChI=1S/C12H21N3O3S/c1-8(16)12(2,3)15-10-6-5-9(13)7-11(10)19(17,18)14-4/h5-8,14-16H,13H2,1-4H3. The van der Waals surface area contributed by atoms with E-state index in [0.717, 1.165) is 0 Å². The van der Waals surface area contributed by atoms with E-state index < -0.39 is 21.7 Å². The van der Waals surface area contributed by atoms with Gasteiger partial charge in [-0.05, 0) is 46.0 Å². The first kappa shape index (κ1) is 15.7. The number of nitrogens with one attached hydrogen (secondary N) is 2. The van der Waals surface area contributed by atoms with Gasteiger partial charge >= 0.3 is 0 Å². The van der Waals surface area contributed by atoms with Gasteiger partial charge in [-0.25, -0.2) is 13.1 Å². The summed E-state index contributed by atoms with van der Waals surface area (Å²) in [6.45, 7) is 5.20. The summed E-state index contributed by atoms with van der Waals surface area (Å²) < 4.78 is 26.2. The lowest BCUT2D eigenvalue weighted by atomic mass is 9.98. The molecule has 0 amide bonds. The van der Waals surface area contributed by atoms with Crippen LogP contribution in [-0.2, 0) is 10.0 Å². The molecule has 0 fully saturated rings. The Labute approximate surface area is 114 Å². The summed E-state index contributed by atoms with van der Waals surface area (Å²) in [6, 6.07) is 4.57. The monoisotopic (exact) mass is 287 g/mol. The van der Waals surface area contributed by atoms with E-state index in [1.54, 1.807) is 32.9 Å². The van der Waals surface area contributed by atoms with Crippen molar-refractivity contribution in [2.45, 2.75) is 37.3 Å². The van der Waals surface area contributed by atoms with E-state index in [9.17, 15) is 13.5 Å². The van der Waals surface area contributed by atoms with E-state index >= 15 is 0 Å². The Morgan fingerprint density at radius 1 is 1.37 bits per heavy atom. The quantitative estimate of drug-likeness (QED) is 0.598. The van der Waals surface area contributed by atoms with Crippen molar-refractivity contribution in [1.82, 2.24) is 4.72 Å². The van der Waals surface area contributed by atoms with Crippen molar-refractivity contribution in [3.63, 3.8) is 0 Å². The van der Waals surface area contributed by atoms with Crippen LogP contribution in [0.2, 0.25) is 0 Å². The third-order valence-corrected chi connectivity index (χ3v) is 4.52. The largest absolute Gasteiger partial charge is 0.399 e. The van der Waals surface area contributed by atoms with Crippen LogP contribution in [0, 0.1) is 0 Å². The van der Waals surface area contributed by atoms with Crippen molar-refractivity contribution in [2.24, 2.45) is 0 Å². The van der Waals surface area contributed by atoms with Gasteiger partial charge < -0.3 is 16.2 Å². The highest BCUT2D eigenvalue weighted by Gasteiger charge is 2.27. The van der Waals surface area contributed by atoms with Gasteiger partial charge in [-0.2, -0.15) is 0 Å². The highest BCUT2D eigenvalue weighted by atomic mass is 32.2. The van der Waals surface area contributed by atoms with E-state index in [1.165, 1.54) is 13.1 Å². The van der Waals surface area contributed by atoms with Crippen LogP contribution in [0.1, 0.15) is 20.8 Å². The minimum atomic E-state index is -3.62. The molecule has 0 saturated heterocycles. The second kappa shape index (κ2) is 5.36. The van der Waals surface area contributed by atoms with Crippen LogP contribution in [-0.4, -0.2) is 32.2 Å². The second-order valence-corrected chi connectivity index (χ2v) is 6.84. The molecule has 5 N–H and O–H groups in total. The van der Waals surface area contributed by atoms with Gasteiger partial charge in [0.15, 0.2) is 0 Å². The molecule has 1 rings (SSSR count). The summed E-state index contributed by atoms with van der Waals surface area (Å²) in [4.78, 5) is 0.0590. The van der Waals surface area contributed by atoms with Crippen LogP contribution in [0.25, 0.3) is 0 Å². The summed E-state index contributed by atoms with van der Waals surface area (Å²) in [6.07, 6.45) is -0.657. The molecule has 0 spiro atoms. The summed E-state index contributed by atoms with van der Waals surface area (Å²) in [7, 11) is -2.29. The Morgan fingerprint density at radius 3 is 2.42 bits per heavy atom. The van der Waals surface area contributed by atoms with Crippen molar-refractivity contribution in [3.8, 4) is 0 Å². The zero-order valence-corrected chi connectivity index (χ0v) is 12.4. The highest BCUT2D eigenvalue weighted by Crippen LogP contribution is 2.27. The lowest BCUT2D eigenvalue weighted by molar-refractivity contribution is 0.133. The summed E-state index contributed by atoms with van der Waals surface area (Å²) in [5.74, 6) is 0. The average Bonchev–Trinajstić information content (AvgIpc) is 2.31. The number of rotatable bonds is 5. The maximum absolute atomic E-state index is 12.0. The number of anilines is 2. The predicted octanol–water partition coefficient (Wildman–Crippen LogP) is 0.748. The van der Waals surface area contributed by atoms with E-state index in [-0.39, 0.29) is 4.90 Å². The average molecular weight is 287 g/mol. The second-order valence-electron chi connectivity index (χ2n) is 4.99. The molecular weight excluding hydrogens is 266 g/mol. The molecule has 0 heterocycles. The lowest BCUT2D eigenvalue weighted by Crippen LogP contribution is -2.42. The van der Waals surface area contributed by atoms with E-state index in [0.29, 0.717) is 11.4 Å². The van der Waals surface area contributed by atoms with Gasteiger partial charge in [0.25, 0.3) is 0 Å². The van der Waals surface area contributed by atoms with Gasteiger partial charge in [0.05, 0.1) is 17.3 Å². The van der Waals surface area contributed by atoms with Crippen LogP contribution in [0.15, 0.2) is 23.1 Å².